The number of hydrogen-bond donors (Lipinski definition) is 4. The van der Waals surface area contributed by atoms with Crippen molar-refractivity contribution < 1.29 is 44.2 Å². The molecule has 0 radical (unpaired) electrons. The lowest BCUT2D eigenvalue weighted by atomic mass is 9.99. The Labute approximate surface area is 344 Å². The lowest BCUT2D eigenvalue weighted by Crippen LogP contribution is -2.59. The summed E-state index contributed by atoms with van der Waals surface area (Å²) in [6.45, 7) is 4.61. The molecule has 0 aromatic rings. The lowest BCUT2D eigenvalue weighted by molar-refractivity contribution is -0.305. The SMILES string of the molecule is CCCCCCCCCCCCCCCCCCCCCCC(=O)OC(COCCCCCCCCCCCCCCC)COC1OC(CO)C(O)C(O)C1O. The zero-order chi connectivity index (χ0) is 40.7. The van der Waals surface area contributed by atoms with Gasteiger partial charge in [-0.25, -0.2) is 0 Å². The maximum absolute atomic E-state index is 12.8. The molecule has 1 aliphatic rings. The summed E-state index contributed by atoms with van der Waals surface area (Å²) in [6, 6.07) is 0. The largest absolute Gasteiger partial charge is 0.457 e. The van der Waals surface area contributed by atoms with E-state index in [4.69, 9.17) is 18.9 Å². The van der Waals surface area contributed by atoms with Crippen LogP contribution in [0.25, 0.3) is 0 Å². The van der Waals surface area contributed by atoms with Crippen molar-refractivity contribution in [3.8, 4) is 0 Å². The number of unbranched alkanes of at least 4 members (excludes halogenated alkanes) is 31. The molecule has 0 spiro atoms. The number of carbonyl (C=O) groups is 1. The van der Waals surface area contributed by atoms with Gasteiger partial charge in [-0.05, 0) is 12.8 Å². The first-order valence-electron chi connectivity index (χ1n) is 24.1. The molecule has 1 heterocycles. The second-order valence-electron chi connectivity index (χ2n) is 16.9. The van der Waals surface area contributed by atoms with Crippen LogP contribution in [0.1, 0.15) is 232 Å². The summed E-state index contributed by atoms with van der Waals surface area (Å²) in [5.74, 6) is -0.306. The summed E-state index contributed by atoms with van der Waals surface area (Å²) in [6.07, 6.45) is 35.6. The number of ether oxygens (including phenoxy) is 4. The van der Waals surface area contributed by atoms with Gasteiger partial charge in [-0.3, -0.25) is 4.79 Å². The first-order valence-corrected chi connectivity index (χ1v) is 24.1. The molecular formula is C47H92O9. The molecule has 0 aromatic carbocycles. The van der Waals surface area contributed by atoms with E-state index in [1.54, 1.807) is 0 Å². The van der Waals surface area contributed by atoms with Crippen LogP contribution in [0.15, 0.2) is 0 Å². The zero-order valence-electron chi connectivity index (χ0n) is 36.7. The first-order chi connectivity index (χ1) is 27.4. The molecule has 1 rings (SSSR count). The highest BCUT2D eigenvalue weighted by molar-refractivity contribution is 5.69. The van der Waals surface area contributed by atoms with Crippen molar-refractivity contribution in [3.05, 3.63) is 0 Å². The van der Waals surface area contributed by atoms with E-state index in [1.807, 2.05) is 0 Å². The molecule has 1 saturated heterocycles. The van der Waals surface area contributed by atoms with Gasteiger partial charge in [-0.1, -0.05) is 213 Å². The second-order valence-corrected chi connectivity index (χ2v) is 16.9. The van der Waals surface area contributed by atoms with Crippen molar-refractivity contribution in [2.75, 3.05) is 26.4 Å². The Morgan fingerprint density at radius 1 is 0.500 bits per heavy atom. The number of aliphatic hydroxyl groups excluding tert-OH is 4. The van der Waals surface area contributed by atoms with Gasteiger partial charge in [0.05, 0.1) is 19.8 Å². The van der Waals surface area contributed by atoms with Crippen molar-refractivity contribution in [2.24, 2.45) is 0 Å². The average Bonchev–Trinajstić information content (AvgIpc) is 3.20. The standard InChI is InChI=1S/C47H92O9/c1-3-5-7-9-11-13-15-17-18-19-20-21-22-23-24-26-28-30-32-34-36-43(49)55-41(40-54-47-46(52)45(51)44(50)42(38-48)56-47)39-53-37-35-33-31-29-27-25-16-14-12-10-8-6-4-2/h41-42,44-48,50-52H,3-40H2,1-2H3. The van der Waals surface area contributed by atoms with E-state index in [0.717, 1.165) is 32.1 Å². The van der Waals surface area contributed by atoms with Crippen LogP contribution in [0.3, 0.4) is 0 Å². The summed E-state index contributed by atoms with van der Waals surface area (Å²) in [7, 11) is 0. The Bertz CT molecular complexity index is 827. The minimum atomic E-state index is -1.53. The average molecular weight is 801 g/mol. The maximum Gasteiger partial charge on any atom is 0.306 e. The number of rotatable bonds is 42. The zero-order valence-corrected chi connectivity index (χ0v) is 36.7. The van der Waals surface area contributed by atoms with Crippen LogP contribution >= 0.6 is 0 Å². The Kier molecular flexibility index (Phi) is 37.7. The molecule has 6 unspecified atom stereocenters. The summed E-state index contributed by atoms with van der Waals surface area (Å²) < 4.78 is 22.8. The molecular weight excluding hydrogens is 709 g/mol. The molecule has 4 N–H and O–H groups in total. The molecule has 1 aliphatic heterocycles. The van der Waals surface area contributed by atoms with Gasteiger partial charge in [0.1, 0.15) is 30.5 Å². The molecule has 0 aromatic heterocycles. The quantitative estimate of drug-likeness (QED) is 0.0351. The van der Waals surface area contributed by atoms with Gasteiger partial charge in [-0.15, -0.1) is 0 Å². The van der Waals surface area contributed by atoms with E-state index in [2.05, 4.69) is 13.8 Å². The van der Waals surface area contributed by atoms with Gasteiger partial charge >= 0.3 is 5.97 Å². The van der Waals surface area contributed by atoms with Gasteiger partial charge < -0.3 is 39.4 Å². The van der Waals surface area contributed by atoms with E-state index in [9.17, 15) is 25.2 Å². The van der Waals surface area contributed by atoms with Crippen molar-refractivity contribution in [2.45, 2.75) is 269 Å². The molecule has 0 amide bonds. The fourth-order valence-corrected chi connectivity index (χ4v) is 7.73. The van der Waals surface area contributed by atoms with E-state index in [1.165, 1.54) is 180 Å². The van der Waals surface area contributed by atoms with E-state index in [-0.39, 0.29) is 19.2 Å². The van der Waals surface area contributed by atoms with Crippen molar-refractivity contribution in [1.29, 1.82) is 0 Å². The summed E-state index contributed by atoms with van der Waals surface area (Å²) in [4.78, 5) is 12.8. The fraction of sp³-hybridized carbons (Fsp3) is 0.979. The predicted molar refractivity (Wildman–Crippen MR) is 229 cm³/mol. The normalized spacial score (nSPS) is 20.4. The van der Waals surface area contributed by atoms with Crippen LogP contribution in [0.2, 0.25) is 0 Å². The van der Waals surface area contributed by atoms with Crippen LogP contribution in [0.4, 0.5) is 0 Å². The fourth-order valence-electron chi connectivity index (χ4n) is 7.73. The Balaban J connectivity index is 2.19. The number of carbonyl (C=O) groups excluding carboxylic acids is 1. The Morgan fingerprint density at radius 3 is 1.27 bits per heavy atom. The topological polar surface area (TPSA) is 135 Å². The molecule has 9 nitrogen and oxygen atoms in total. The molecule has 9 heteroatoms. The van der Waals surface area contributed by atoms with Gasteiger partial charge in [0.15, 0.2) is 6.29 Å². The summed E-state index contributed by atoms with van der Waals surface area (Å²) in [5.41, 5.74) is 0. The van der Waals surface area contributed by atoms with Crippen LogP contribution < -0.4 is 0 Å². The number of esters is 1. The van der Waals surface area contributed by atoms with Crippen LogP contribution in [-0.4, -0.2) is 89.6 Å². The Hall–Kier alpha value is -0.810. The van der Waals surface area contributed by atoms with Crippen molar-refractivity contribution in [1.82, 2.24) is 0 Å². The molecule has 1 fully saturated rings. The van der Waals surface area contributed by atoms with E-state index < -0.39 is 43.4 Å². The van der Waals surface area contributed by atoms with E-state index >= 15 is 0 Å². The summed E-state index contributed by atoms with van der Waals surface area (Å²) >= 11 is 0. The van der Waals surface area contributed by atoms with E-state index in [0.29, 0.717) is 13.0 Å². The summed E-state index contributed by atoms with van der Waals surface area (Å²) in [5, 5.41) is 40.1. The second kappa shape index (κ2) is 39.6. The predicted octanol–water partition coefficient (Wildman–Crippen LogP) is 11.0. The van der Waals surface area contributed by atoms with Crippen LogP contribution in [0.5, 0.6) is 0 Å². The van der Waals surface area contributed by atoms with Crippen molar-refractivity contribution in [3.63, 3.8) is 0 Å². The third-order valence-corrected chi connectivity index (χ3v) is 11.5. The molecule has 0 aliphatic carbocycles. The highest BCUT2D eigenvalue weighted by atomic mass is 16.7. The van der Waals surface area contributed by atoms with Crippen LogP contribution in [-0.2, 0) is 23.7 Å². The molecule has 334 valence electrons. The van der Waals surface area contributed by atoms with Crippen molar-refractivity contribution >= 4 is 5.97 Å². The maximum atomic E-state index is 12.8. The number of aliphatic hydroxyl groups is 4. The minimum Gasteiger partial charge on any atom is -0.457 e. The third kappa shape index (κ3) is 30.3. The van der Waals surface area contributed by atoms with Gasteiger partial charge in [0.2, 0.25) is 0 Å². The highest BCUT2D eigenvalue weighted by Crippen LogP contribution is 2.23. The molecule has 6 atom stereocenters. The Morgan fingerprint density at radius 2 is 0.875 bits per heavy atom. The minimum absolute atomic E-state index is 0.105. The van der Waals surface area contributed by atoms with Gasteiger partial charge in [-0.2, -0.15) is 0 Å². The molecule has 0 saturated carbocycles. The van der Waals surface area contributed by atoms with Gasteiger partial charge in [0, 0.05) is 13.0 Å². The smallest absolute Gasteiger partial charge is 0.306 e. The first kappa shape index (κ1) is 53.2. The monoisotopic (exact) mass is 801 g/mol. The number of hydrogen-bond acceptors (Lipinski definition) is 9. The lowest BCUT2D eigenvalue weighted by Gasteiger charge is -2.39. The molecule has 56 heavy (non-hydrogen) atoms. The molecule has 0 bridgehead atoms. The third-order valence-electron chi connectivity index (χ3n) is 11.5. The highest BCUT2D eigenvalue weighted by Gasteiger charge is 2.44. The van der Waals surface area contributed by atoms with Crippen LogP contribution in [0, 0.1) is 0 Å². The van der Waals surface area contributed by atoms with Gasteiger partial charge in [0.25, 0.3) is 0 Å².